The second-order valence-electron chi connectivity index (χ2n) is 7.62. The van der Waals surface area contributed by atoms with Crippen molar-refractivity contribution in [2.75, 3.05) is 11.1 Å². The molecule has 178 valence electrons. The van der Waals surface area contributed by atoms with E-state index in [0.717, 1.165) is 5.56 Å². The lowest BCUT2D eigenvalue weighted by Gasteiger charge is -2.14. The van der Waals surface area contributed by atoms with Crippen LogP contribution in [0, 0.1) is 11.8 Å². The van der Waals surface area contributed by atoms with E-state index in [9.17, 15) is 17.8 Å². The van der Waals surface area contributed by atoms with Gasteiger partial charge in [0.1, 0.15) is 17.3 Å². The Labute approximate surface area is 204 Å². The summed E-state index contributed by atoms with van der Waals surface area (Å²) in [5.74, 6) is -0.448. The molecular formula is C27H22F2N2O3S. The molecule has 1 N–H and O–H groups in total. The molecule has 35 heavy (non-hydrogen) atoms. The molecule has 1 unspecified atom stereocenters. The number of anilines is 1. The third kappa shape index (κ3) is 6.16. The van der Waals surface area contributed by atoms with Crippen molar-refractivity contribution in [3.8, 4) is 22.6 Å². The number of ether oxygens (including phenoxy) is 1. The van der Waals surface area contributed by atoms with Crippen molar-refractivity contribution in [2.24, 2.45) is 0 Å². The molecule has 1 heterocycles. The van der Waals surface area contributed by atoms with Crippen molar-refractivity contribution >= 4 is 22.4 Å². The van der Waals surface area contributed by atoms with Crippen LogP contribution in [-0.2, 0) is 22.0 Å². The normalized spacial score (nSPS) is 11.6. The molecule has 0 bridgehead atoms. The number of benzene rings is 3. The molecule has 4 rings (SSSR count). The zero-order chi connectivity index (χ0) is 24.8. The maximum Gasteiger partial charge on any atom is 0.228 e. The van der Waals surface area contributed by atoms with E-state index in [4.69, 9.17) is 4.74 Å². The first-order chi connectivity index (χ1) is 16.9. The van der Waals surface area contributed by atoms with Gasteiger partial charge in [-0.2, -0.15) is 4.39 Å². The standard InChI is InChI=1S/C27H22F2N2O3S/c1-2-35(33)22-11-8-18(9-12-22)15-26(32)31-20-10-13-23(24-7-4-14-30-27(24)29)25(17-20)34-21-6-3-5-19(28)16-21/h3-14,16-17H,2,15H2,1H3,(H,31,32). The molecule has 5 nitrogen and oxygen atoms in total. The minimum absolute atomic E-state index is 0.109. The third-order valence-electron chi connectivity index (χ3n) is 5.15. The van der Waals surface area contributed by atoms with Gasteiger partial charge in [0.05, 0.1) is 17.2 Å². The van der Waals surface area contributed by atoms with Crippen LogP contribution >= 0.6 is 0 Å². The fourth-order valence-electron chi connectivity index (χ4n) is 3.47. The van der Waals surface area contributed by atoms with Crippen LogP contribution in [0.3, 0.4) is 0 Å². The molecule has 0 fully saturated rings. The molecule has 0 radical (unpaired) electrons. The second kappa shape index (κ2) is 11.0. The summed E-state index contributed by atoms with van der Waals surface area (Å²) in [6.07, 6.45) is 1.45. The van der Waals surface area contributed by atoms with Gasteiger partial charge in [0.2, 0.25) is 11.9 Å². The molecule has 0 aliphatic rings. The molecule has 1 aromatic heterocycles. The van der Waals surface area contributed by atoms with E-state index >= 15 is 0 Å². The van der Waals surface area contributed by atoms with E-state index in [0.29, 0.717) is 21.9 Å². The van der Waals surface area contributed by atoms with Crippen LogP contribution in [0.1, 0.15) is 12.5 Å². The van der Waals surface area contributed by atoms with E-state index < -0.39 is 22.6 Å². The van der Waals surface area contributed by atoms with E-state index in [2.05, 4.69) is 10.3 Å². The summed E-state index contributed by atoms with van der Waals surface area (Å²) in [7, 11) is -1.05. The molecule has 0 aliphatic heterocycles. The Bertz CT molecular complexity index is 1380. The summed E-state index contributed by atoms with van der Waals surface area (Å²) >= 11 is 0. The van der Waals surface area contributed by atoms with Crippen LogP contribution < -0.4 is 10.1 Å². The van der Waals surface area contributed by atoms with Gasteiger partial charge in [0.25, 0.3) is 0 Å². The smallest absolute Gasteiger partial charge is 0.228 e. The van der Waals surface area contributed by atoms with Crippen molar-refractivity contribution in [3.63, 3.8) is 0 Å². The number of nitrogens with one attached hydrogen (secondary N) is 1. The van der Waals surface area contributed by atoms with Gasteiger partial charge >= 0.3 is 0 Å². The Morgan fingerprint density at radius 3 is 2.49 bits per heavy atom. The van der Waals surface area contributed by atoms with Gasteiger partial charge in [0.15, 0.2) is 0 Å². The average molecular weight is 493 g/mol. The van der Waals surface area contributed by atoms with Crippen LogP contribution in [0.25, 0.3) is 11.1 Å². The van der Waals surface area contributed by atoms with E-state index in [1.165, 1.54) is 24.4 Å². The number of halogens is 2. The molecule has 0 saturated carbocycles. The summed E-state index contributed by atoms with van der Waals surface area (Å²) in [5.41, 5.74) is 1.81. The minimum atomic E-state index is -1.05. The second-order valence-corrected chi connectivity index (χ2v) is 9.36. The third-order valence-corrected chi connectivity index (χ3v) is 6.47. The molecule has 1 atom stereocenters. The lowest BCUT2D eigenvalue weighted by molar-refractivity contribution is -0.115. The molecule has 4 aromatic rings. The average Bonchev–Trinajstić information content (AvgIpc) is 2.85. The van der Waals surface area contributed by atoms with E-state index in [1.807, 2.05) is 6.92 Å². The summed E-state index contributed by atoms with van der Waals surface area (Å²) in [4.78, 5) is 17.1. The van der Waals surface area contributed by atoms with Gasteiger partial charge in [-0.25, -0.2) is 9.37 Å². The number of amides is 1. The predicted molar refractivity (Wildman–Crippen MR) is 132 cm³/mol. The lowest BCUT2D eigenvalue weighted by atomic mass is 10.1. The Balaban J connectivity index is 1.57. The summed E-state index contributed by atoms with van der Waals surface area (Å²) in [6.45, 7) is 1.84. The van der Waals surface area contributed by atoms with Crippen LogP contribution in [0.15, 0.2) is 90.0 Å². The van der Waals surface area contributed by atoms with Gasteiger partial charge in [-0.15, -0.1) is 0 Å². The first-order valence-electron chi connectivity index (χ1n) is 10.9. The number of pyridine rings is 1. The van der Waals surface area contributed by atoms with Crippen molar-refractivity contribution in [1.29, 1.82) is 0 Å². The van der Waals surface area contributed by atoms with Gasteiger partial charge in [-0.1, -0.05) is 25.1 Å². The van der Waals surface area contributed by atoms with E-state index in [1.54, 1.807) is 60.7 Å². The summed E-state index contributed by atoms with van der Waals surface area (Å²) < 4.78 is 45.8. The Morgan fingerprint density at radius 1 is 0.971 bits per heavy atom. The highest BCUT2D eigenvalue weighted by atomic mass is 32.2. The van der Waals surface area contributed by atoms with Gasteiger partial charge in [-0.3, -0.25) is 9.00 Å². The Hall–Kier alpha value is -3.91. The maximum absolute atomic E-state index is 14.4. The van der Waals surface area contributed by atoms with E-state index in [-0.39, 0.29) is 29.4 Å². The number of rotatable bonds is 8. The van der Waals surface area contributed by atoms with Crippen molar-refractivity contribution in [3.05, 3.63) is 102 Å². The molecular weight excluding hydrogens is 470 g/mol. The Morgan fingerprint density at radius 2 is 1.77 bits per heavy atom. The predicted octanol–water partition coefficient (Wildman–Crippen LogP) is 6.13. The van der Waals surface area contributed by atoms with Crippen LogP contribution in [0.4, 0.5) is 14.5 Å². The maximum atomic E-state index is 14.4. The first kappa shape index (κ1) is 24.2. The molecule has 8 heteroatoms. The SMILES string of the molecule is CCS(=O)c1ccc(CC(=O)Nc2ccc(-c3cccnc3F)c(Oc3cccc(F)c3)c2)cc1. The number of hydrogen-bond donors (Lipinski definition) is 1. The minimum Gasteiger partial charge on any atom is -0.457 e. The first-order valence-corrected chi connectivity index (χ1v) is 12.2. The zero-order valence-corrected chi connectivity index (χ0v) is 19.6. The fraction of sp³-hybridized carbons (Fsp3) is 0.111. The molecule has 3 aromatic carbocycles. The topological polar surface area (TPSA) is 68.3 Å². The Kier molecular flexibility index (Phi) is 7.62. The van der Waals surface area contributed by atoms with Gasteiger partial charge in [0, 0.05) is 45.8 Å². The molecule has 0 saturated heterocycles. The van der Waals surface area contributed by atoms with Crippen LogP contribution in [0.5, 0.6) is 11.5 Å². The number of aromatic nitrogens is 1. The van der Waals surface area contributed by atoms with Crippen LogP contribution in [-0.4, -0.2) is 20.9 Å². The quantitative estimate of drug-likeness (QED) is 0.301. The highest BCUT2D eigenvalue weighted by Gasteiger charge is 2.15. The number of carbonyl (C=O) groups excluding carboxylic acids is 1. The van der Waals surface area contributed by atoms with Crippen LogP contribution in [0.2, 0.25) is 0 Å². The monoisotopic (exact) mass is 492 g/mol. The summed E-state index contributed by atoms with van der Waals surface area (Å²) in [5, 5.41) is 2.81. The number of carbonyl (C=O) groups is 1. The van der Waals surface area contributed by atoms with Gasteiger partial charge < -0.3 is 10.1 Å². The number of nitrogens with zero attached hydrogens (tertiary/aromatic N) is 1. The summed E-state index contributed by atoms with van der Waals surface area (Å²) in [6, 6.07) is 20.6. The molecule has 0 spiro atoms. The highest BCUT2D eigenvalue weighted by molar-refractivity contribution is 7.85. The van der Waals surface area contributed by atoms with Gasteiger partial charge in [-0.05, 0) is 54.1 Å². The molecule has 1 amide bonds. The fourth-order valence-corrected chi connectivity index (χ4v) is 4.24. The van der Waals surface area contributed by atoms with Crippen molar-refractivity contribution in [1.82, 2.24) is 4.98 Å². The van der Waals surface area contributed by atoms with Crippen molar-refractivity contribution < 1.29 is 22.5 Å². The lowest BCUT2D eigenvalue weighted by Crippen LogP contribution is -2.14. The van der Waals surface area contributed by atoms with Crippen molar-refractivity contribution in [2.45, 2.75) is 18.2 Å². The highest BCUT2D eigenvalue weighted by Crippen LogP contribution is 2.36. The largest absolute Gasteiger partial charge is 0.457 e. The number of hydrogen-bond acceptors (Lipinski definition) is 4. The zero-order valence-electron chi connectivity index (χ0n) is 18.8. The molecule has 0 aliphatic carbocycles.